The number of cyclic esters (lactones) is 1. The Morgan fingerprint density at radius 1 is 1.15 bits per heavy atom. The Balaban J connectivity index is 2.20. The summed E-state index contributed by atoms with van der Waals surface area (Å²) in [5.74, 6) is -3.01. The van der Waals surface area contributed by atoms with Gasteiger partial charge >= 0.3 is 5.97 Å². The first-order valence-corrected chi connectivity index (χ1v) is 6.88. The number of Topliss-reactive ketones (excluding diaryl/α,β-unsaturated/α-hetero) is 1. The van der Waals surface area contributed by atoms with Crippen LogP contribution in [0.3, 0.4) is 0 Å². The summed E-state index contributed by atoms with van der Waals surface area (Å²) in [5, 5.41) is 0. The summed E-state index contributed by atoms with van der Waals surface area (Å²) in [6.07, 6.45) is 1.70. The zero-order valence-electron chi connectivity index (χ0n) is 12.4. The van der Waals surface area contributed by atoms with Gasteiger partial charge in [0.2, 0.25) is 5.79 Å². The minimum atomic E-state index is -1.31. The molecule has 1 heterocycles. The maximum absolute atomic E-state index is 12.2. The molecule has 4 atom stereocenters. The van der Waals surface area contributed by atoms with Crippen LogP contribution in [0.1, 0.15) is 39.5 Å². The molecule has 0 amide bonds. The number of carbonyl (C=O) groups is 2. The molecule has 0 radical (unpaired) electrons. The van der Waals surface area contributed by atoms with Gasteiger partial charge in [0, 0.05) is 39.9 Å². The number of hydrogen-bond acceptors (Lipinski definition) is 6. The molecule has 114 valence electrons. The van der Waals surface area contributed by atoms with Crippen LogP contribution in [0.5, 0.6) is 0 Å². The third-order valence-corrected chi connectivity index (χ3v) is 4.43. The van der Waals surface area contributed by atoms with E-state index in [2.05, 4.69) is 0 Å². The fourth-order valence-electron chi connectivity index (χ4n) is 2.81. The molecular formula is C14H22O6. The monoisotopic (exact) mass is 286 g/mol. The Morgan fingerprint density at radius 2 is 1.80 bits per heavy atom. The molecule has 2 fully saturated rings. The third kappa shape index (κ3) is 2.47. The Labute approximate surface area is 118 Å². The van der Waals surface area contributed by atoms with Crippen LogP contribution in [0.4, 0.5) is 0 Å². The largest absolute Gasteiger partial charge is 0.425 e. The smallest absolute Gasteiger partial charge is 0.338 e. The topological polar surface area (TPSA) is 71.1 Å². The van der Waals surface area contributed by atoms with Crippen molar-refractivity contribution in [1.82, 2.24) is 0 Å². The number of methoxy groups -OCH3 is 2. The lowest BCUT2D eigenvalue weighted by molar-refractivity contribution is -0.409. The molecule has 1 aliphatic heterocycles. The van der Waals surface area contributed by atoms with Gasteiger partial charge in [-0.3, -0.25) is 4.79 Å². The molecule has 2 aliphatic rings. The highest BCUT2D eigenvalue weighted by atomic mass is 16.8. The Hall–Kier alpha value is -0.980. The summed E-state index contributed by atoms with van der Waals surface area (Å²) in [6.45, 7) is 3.26. The molecule has 0 unspecified atom stereocenters. The number of ketones is 1. The van der Waals surface area contributed by atoms with Crippen molar-refractivity contribution in [2.75, 3.05) is 14.2 Å². The first-order chi connectivity index (χ1) is 9.35. The van der Waals surface area contributed by atoms with Gasteiger partial charge in [-0.15, -0.1) is 0 Å². The highest BCUT2D eigenvalue weighted by Gasteiger charge is 2.58. The fourth-order valence-corrected chi connectivity index (χ4v) is 2.81. The van der Waals surface area contributed by atoms with E-state index >= 15 is 0 Å². The number of rotatable bonds is 3. The third-order valence-electron chi connectivity index (χ3n) is 4.43. The van der Waals surface area contributed by atoms with E-state index in [-0.39, 0.29) is 11.7 Å². The van der Waals surface area contributed by atoms with E-state index in [9.17, 15) is 9.59 Å². The van der Waals surface area contributed by atoms with Gasteiger partial charge in [-0.05, 0) is 19.8 Å². The van der Waals surface area contributed by atoms with Crippen molar-refractivity contribution in [3.05, 3.63) is 0 Å². The zero-order valence-corrected chi connectivity index (χ0v) is 12.4. The van der Waals surface area contributed by atoms with E-state index in [1.807, 2.05) is 0 Å². The second kappa shape index (κ2) is 5.42. The molecule has 6 nitrogen and oxygen atoms in total. The molecule has 2 rings (SSSR count). The van der Waals surface area contributed by atoms with Crippen LogP contribution in [0, 0.1) is 5.92 Å². The molecule has 0 spiro atoms. The first-order valence-electron chi connectivity index (χ1n) is 6.88. The second-order valence-electron chi connectivity index (χ2n) is 5.65. The molecule has 20 heavy (non-hydrogen) atoms. The van der Waals surface area contributed by atoms with Gasteiger partial charge in [0.1, 0.15) is 5.78 Å². The Kier molecular flexibility index (Phi) is 4.18. The van der Waals surface area contributed by atoms with Crippen LogP contribution in [-0.4, -0.2) is 43.7 Å². The van der Waals surface area contributed by atoms with Crippen molar-refractivity contribution in [2.45, 2.75) is 57.2 Å². The summed E-state index contributed by atoms with van der Waals surface area (Å²) in [4.78, 5) is 23.8. The maximum Gasteiger partial charge on any atom is 0.338 e. The molecule has 6 heteroatoms. The number of esters is 1. The SMILES string of the molecule is CO[C@@]1(C)OC(=O)[C@@H]([C@H]2CCCC(=O)C2)O[C@]1(C)OC. The van der Waals surface area contributed by atoms with Crippen LogP contribution < -0.4 is 0 Å². The minimum absolute atomic E-state index is 0.153. The average molecular weight is 286 g/mol. The van der Waals surface area contributed by atoms with Crippen LogP contribution in [0.2, 0.25) is 0 Å². The highest BCUT2D eigenvalue weighted by molar-refractivity contribution is 5.82. The van der Waals surface area contributed by atoms with Crippen LogP contribution in [0.15, 0.2) is 0 Å². The van der Waals surface area contributed by atoms with Crippen molar-refractivity contribution in [1.29, 1.82) is 0 Å². The van der Waals surface area contributed by atoms with E-state index in [1.54, 1.807) is 13.8 Å². The molecule has 0 aromatic carbocycles. The number of carbonyl (C=O) groups excluding carboxylic acids is 2. The van der Waals surface area contributed by atoms with Crippen molar-refractivity contribution in [2.24, 2.45) is 5.92 Å². The van der Waals surface area contributed by atoms with Gasteiger partial charge in [-0.1, -0.05) is 0 Å². The van der Waals surface area contributed by atoms with Crippen molar-refractivity contribution in [3.63, 3.8) is 0 Å². The van der Waals surface area contributed by atoms with Crippen molar-refractivity contribution < 1.29 is 28.5 Å². The molecule has 1 aliphatic carbocycles. The van der Waals surface area contributed by atoms with Gasteiger partial charge in [0.05, 0.1) is 0 Å². The van der Waals surface area contributed by atoms with Crippen molar-refractivity contribution in [3.8, 4) is 0 Å². The first kappa shape index (κ1) is 15.4. The highest BCUT2D eigenvalue weighted by Crippen LogP contribution is 2.40. The standard InChI is InChI=1S/C14H22O6/c1-13(17-3)14(2,18-4)20-12(16)11(19-13)9-6-5-7-10(15)8-9/h9,11H,5-8H2,1-4H3/t9-,11+,13-,14-/m0/s1. The van der Waals surface area contributed by atoms with E-state index in [1.165, 1.54) is 14.2 Å². The quantitative estimate of drug-likeness (QED) is 0.731. The number of ether oxygens (including phenoxy) is 4. The van der Waals surface area contributed by atoms with Gasteiger partial charge < -0.3 is 18.9 Å². The van der Waals surface area contributed by atoms with E-state index in [0.717, 1.165) is 12.8 Å². The predicted molar refractivity (Wildman–Crippen MR) is 68.8 cm³/mol. The van der Waals surface area contributed by atoms with E-state index in [4.69, 9.17) is 18.9 Å². The van der Waals surface area contributed by atoms with Crippen LogP contribution in [0.25, 0.3) is 0 Å². The van der Waals surface area contributed by atoms with Crippen molar-refractivity contribution >= 4 is 11.8 Å². The summed E-state index contributed by atoms with van der Waals surface area (Å²) in [7, 11) is 2.90. The molecule has 1 saturated heterocycles. The van der Waals surface area contributed by atoms with Gasteiger partial charge in [-0.25, -0.2) is 4.79 Å². The van der Waals surface area contributed by atoms with Crippen LogP contribution >= 0.6 is 0 Å². The predicted octanol–water partition coefficient (Wildman–Crippen LogP) is 1.41. The molecule has 0 bridgehead atoms. The number of hydrogen-bond donors (Lipinski definition) is 0. The second-order valence-corrected chi connectivity index (χ2v) is 5.65. The van der Waals surface area contributed by atoms with E-state index < -0.39 is 23.6 Å². The fraction of sp³-hybridized carbons (Fsp3) is 0.857. The summed E-state index contributed by atoms with van der Waals surface area (Å²) < 4.78 is 21.9. The lowest BCUT2D eigenvalue weighted by atomic mass is 9.83. The molecule has 1 saturated carbocycles. The summed E-state index contributed by atoms with van der Waals surface area (Å²) in [6, 6.07) is 0. The summed E-state index contributed by atoms with van der Waals surface area (Å²) in [5.41, 5.74) is 0. The zero-order chi connectivity index (χ0) is 15.0. The Bertz CT molecular complexity index is 408. The molecular weight excluding hydrogens is 264 g/mol. The minimum Gasteiger partial charge on any atom is -0.425 e. The normalized spacial score (nSPS) is 42.4. The van der Waals surface area contributed by atoms with Gasteiger partial charge in [0.15, 0.2) is 6.10 Å². The van der Waals surface area contributed by atoms with Crippen LogP contribution in [-0.2, 0) is 28.5 Å². The van der Waals surface area contributed by atoms with Gasteiger partial charge in [-0.2, -0.15) is 0 Å². The molecule has 0 aromatic heterocycles. The maximum atomic E-state index is 12.2. The lowest BCUT2D eigenvalue weighted by Gasteiger charge is -2.49. The molecule has 0 N–H and O–H groups in total. The Morgan fingerprint density at radius 3 is 2.35 bits per heavy atom. The lowest BCUT2D eigenvalue weighted by Crippen LogP contribution is -2.65. The van der Waals surface area contributed by atoms with E-state index in [0.29, 0.717) is 12.8 Å². The summed E-state index contributed by atoms with van der Waals surface area (Å²) >= 11 is 0. The average Bonchev–Trinajstić information content (AvgIpc) is 2.43. The molecule has 0 aromatic rings. The van der Waals surface area contributed by atoms with Gasteiger partial charge in [0.25, 0.3) is 5.79 Å².